The van der Waals surface area contributed by atoms with Gasteiger partial charge in [0.25, 0.3) is 0 Å². The molecule has 1 N–H and O–H groups in total. The molecule has 1 saturated carbocycles. The van der Waals surface area contributed by atoms with Crippen molar-refractivity contribution in [3.8, 4) is 0 Å². The van der Waals surface area contributed by atoms with Crippen LogP contribution in [-0.4, -0.2) is 30.4 Å². The summed E-state index contributed by atoms with van der Waals surface area (Å²) >= 11 is 0. The Balaban J connectivity index is 1.71. The summed E-state index contributed by atoms with van der Waals surface area (Å²) in [6.07, 6.45) is 2.02. The highest BCUT2D eigenvalue weighted by atomic mass is 19.1. The molecular formula is C15H19FN2O. The maximum atomic E-state index is 12.9. The summed E-state index contributed by atoms with van der Waals surface area (Å²) in [5.74, 6) is 0.0547. The van der Waals surface area contributed by atoms with Crippen molar-refractivity contribution >= 4 is 5.91 Å². The largest absolute Gasteiger partial charge is 0.339 e. The average Bonchev–Trinajstić information content (AvgIpc) is 3.18. The van der Waals surface area contributed by atoms with Crippen molar-refractivity contribution < 1.29 is 9.18 Å². The van der Waals surface area contributed by atoms with Gasteiger partial charge in [0, 0.05) is 31.1 Å². The van der Waals surface area contributed by atoms with Crippen LogP contribution in [0.2, 0.25) is 0 Å². The van der Waals surface area contributed by atoms with Gasteiger partial charge in [-0.3, -0.25) is 4.79 Å². The topological polar surface area (TPSA) is 32.3 Å². The summed E-state index contributed by atoms with van der Waals surface area (Å²) in [6.45, 7) is 4.29. The fourth-order valence-electron chi connectivity index (χ4n) is 2.64. The van der Waals surface area contributed by atoms with Gasteiger partial charge in [0.05, 0.1) is 0 Å². The van der Waals surface area contributed by atoms with Gasteiger partial charge in [-0.2, -0.15) is 0 Å². The number of carbonyl (C=O) groups is 1. The molecule has 1 aliphatic carbocycles. The molecule has 1 amide bonds. The van der Waals surface area contributed by atoms with Crippen LogP contribution in [-0.2, 0) is 4.79 Å². The normalized spacial score (nSPS) is 25.2. The van der Waals surface area contributed by atoms with Crippen molar-refractivity contribution in [2.24, 2.45) is 5.41 Å². The molecule has 1 saturated heterocycles. The van der Waals surface area contributed by atoms with Gasteiger partial charge >= 0.3 is 0 Å². The monoisotopic (exact) mass is 262 g/mol. The molecule has 102 valence electrons. The second-order valence-electron chi connectivity index (χ2n) is 5.87. The molecule has 1 aliphatic heterocycles. The van der Waals surface area contributed by atoms with Crippen molar-refractivity contribution in [2.45, 2.75) is 25.8 Å². The molecule has 1 heterocycles. The Labute approximate surface area is 112 Å². The average molecular weight is 262 g/mol. The fourth-order valence-corrected chi connectivity index (χ4v) is 2.64. The van der Waals surface area contributed by atoms with Gasteiger partial charge in [-0.05, 0) is 30.5 Å². The van der Waals surface area contributed by atoms with Crippen molar-refractivity contribution in [1.29, 1.82) is 0 Å². The van der Waals surface area contributed by atoms with E-state index in [9.17, 15) is 9.18 Å². The molecule has 2 aliphatic rings. The molecule has 3 nitrogen and oxygen atoms in total. The minimum Gasteiger partial charge on any atom is -0.339 e. The van der Waals surface area contributed by atoms with E-state index in [1.807, 2.05) is 11.8 Å². The number of hydrogen-bond donors (Lipinski definition) is 1. The molecular weight excluding hydrogens is 243 g/mol. The van der Waals surface area contributed by atoms with Crippen molar-refractivity contribution in [3.05, 3.63) is 35.6 Å². The number of piperazine rings is 1. The summed E-state index contributed by atoms with van der Waals surface area (Å²) in [5.41, 5.74) is 0.935. The van der Waals surface area contributed by atoms with E-state index in [1.165, 1.54) is 12.1 Å². The van der Waals surface area contributed by atoms with Crippen molar-refractivity contribution in [2.75, 3.05) is 19.6 Å². The first-order valence-electron chi connectivity index (χ1n) is 6.87. The van der Waals surface area contributed by atoms with Crippen molar-refractivity contribution in [3.63, 3.8) is 0 Å². The smallest absolute Gasteiger partial charge is 0.228 e. The van der Waals surface area contributed by atoms with Crippen LogP contribution in [0.25, 0.3) is 0 Å². The third-order valence-corrected chi connectivity index (χ3v) is 4.25. The van der Waals surface area contributed by atoms with Gasteiger partial charge in [-0.25, -0.2) is 4.39 Å². The highest BCUT2D eigenvalue weighted by molar-refractivity contribution is 5.85. The van der Waals surface area contributed by atoms with Crippen LogP contribution >= 0.6 is 0 Å². The highest BCUT2D eigenvalue weighted by Crippen LogP contribution is 2.46. The lowest BCUT2D eigenvalue weighted by Crippen LogP contribution is -2.50. The van der Waals surface area contributed by atoms with E-state index in [-0.39, 0.29) is 23.2 Å². The number of nitrogens with one attached hydrogen (secondary N) is 1. The van der Waals surface area contributed by atoms with Crippen LogP contribution in [0.3, 0.4) is 0 Å². The Bertz CT molecular complexity index is 481. The number of nitrogens with zero attached hydrogens (tertiary/aromatic N) is 1. The number of amides is 1. The predicted octanol–water partition coefficient (Wildman–Crippen LogP) is 2.10. The minimum atomic E-state index is -0.224. The summed E-state index contributed by atoms with van der Waals surface area (Å²) < 4.78 is 12.9. The molecule has 1 aromatic carbocycles. The SMILES string of the molecule is CC1(C(=O)N2CCN[C@H](c3ccc(F)cc3)C2)CC1. The lowest BCUT2D eigenvalue weighted by molar-refractivity contribution is -0.137. The van der Waals surface area contributed by atoms with Gasteiger partial charge in [-0.1, -0.05) is 19.1 Å². The van der Waals surface area contributed by atoms with E-state index in [2.05, 4.69) is 5.32 Å². The first kappa shape index (κ1) is 12.6. The van der Waals surface area contributed by atoms with Gasteiger partial charge in [0.2, 0.25) is 5.91 Å². The van der Waals surface area contributed by atoms with Gasteiger partial charge < -0.3 is 10.2 Å². The van der Waals surface area contributed by atoms with E-state index >= 15 is 0 Å². The van der Waals surface area contributed by atoms with Gasteiger partial charge in [0.15, 0.2) is 0 Å². The van der Waals surface area contributed by atoms with Crippen LogP contribution in [0, 0.1) is 11.2 Å². The second-order valence-corrected chi connectivity index (χ2v) is 5.87. The molecule has 0 unspecified atom stereocenters. The Morgan fingerprint density at radius 3 is 2.68 bits per heavy atom. The van der Waals surface area contributed by atoms with Gasteiger partial charge in [-0.15, -0.1) is 0 Å². The number of rotatable bonds is 2. The second kappa shape index (κ2) is 4.60. The third-order valence-electron chi connectivity index (χ3n) is 4.25. The van der Waals surface area contributed by atoms with E-state index in [0.29, 0.717) is 6.54 Å². The first-order chi connectivity index (χ1) is 9.08. The lowest BCUT2D eigenvalue weighted by atomic mass is 10.0. The molecule has 0 bridgehead atoms. The first-order valence-corrected chi connectivity index (χ1v) is 6.87. The molecule has 0 aromatic heterocycles. The van der Waals surface area contributed by atoms with Crippen LogP contribution in [0.15, 0.2) is 24.3 Å². The maximum absolute atomic E-state index is 12.9. The summed E-state index contributed by atoms with van der Waals surface area (Å²) in [4.78, 5) is 14.3. The highest BCUT2D eigenvalue weighted by Gasteiger charge is 2.47. The number of benzene rings is 1. The quantitative estimate of drug-likeness (QED) is 0.885. The molecule has 19 heavy (non-hydrogen) atoms. The van der Waals surface area contributed by atoms with E-state index < -0.39 is 0 Å². The Hall–Kier alpha value is -1.42. The number of halogens is 1. The fraction of sp³-hybridized carbons (Fsp3) is 0.533. The van der Waals surface area contributed by atoms with Crippen molar-refractivity contribution in [1.82, 2.24) is 10.2 Å². The van der Waals surface area contributed by atoms with Crippen LogP contribution in [0.1, 0.15) is 31.4 Å². The molecule has 1 aromatic rings. The Morgan fingerprint density at radius 1 is 1.37 bits per heavy atom. The predicted molar refractivity (Wildman–Crippen MR) is 71.1 cm³/mol. The summed E-state index contributed by atoms with van der Waals surface area (Å²) in [7, 11) is 0. The molecule has 2 fully saturated rings. The number of carbonyl (C=O) groups excluding carboxylic acids is 1. The summed E-state index contributed by atoms with van der Waals surface area (Å²) in [6, 6.07) is 6.64. The molecule has 0 spiro atoms. The molecule has 4 heteroatoms. The number of hydrogen-bond acceptors (Lipinski definition) is 2. The van der Waals surface area contributed by atoms with Crippen LogP contribution in [0.5, 0.6) is 0 Å². The molecule has 1 atom stereocenters. The van der Waals surface area contributed by atoms with Gasteiger partial charge in [0.1, 0.15) is 5.82 Å². The Kier molecular flexibility index (Phi) is 3.05. The zero-order valence-corrected chi connectivity index (χ0v) is 11.2. The zero-order valence-electron chi connectivity index (χ0n) is 11.2. The van der Waals surface area contributed by atoms with E-state index in [4.69, 9.17) is 0 Å². The zero-order chi connectivity index (χ0) is 13.5. The maximum Gasteiger partial charge on any atom is 0.228 e. The summed E-state index contributed by atoms with van der Waals surface area (Å²) in [5, 5.41) is 3.40. The minimum absolute atomic E-state index is 0.106. The third kappa shape index (κ3) is 2.50. The van der Waals surface area contributed by atoms with Crippen LogP contribution < -0.4 is 5.32 Å². The molecule has 3 rings (SSSR count). The lowest BCUT2D eigenvalue weighted by Gasteiger charge is -2.35. The molecule has 0 radical (unpaired) electrons. The standard InChI is InChI=1S/C15H19FN2O/c1-15(6-7-15)14(19)18-9-8-17-13(10-18)11-2-4-12(16)5-3-11/h2-5,13,17H,6-10H2,1H3/t13-/m0/s1. The van der Waals surface area contributed by atoms with Crippen LogP contribution in [0.4, 0.5) is 4.39 Å². The van der Waals surface area contributed by atoms with E-state index in [1.54, 1.807) is 12.1 Å². The van der Waals surface area contributed by atoms with E-state index in [0.717, 1.165) is 31.5 Å². The Morgan fingerprint density at radius 2 is 2.05 bits per heavy atom.